The molecule has 0 aromatic heterocycles. The summed E-state index contributed by atoms with van der Waals surface area (Å²) in [4.78, 5) is 2.68. The number of nitrogens with zero attached hydrogens (tertiary/aromatic N) is 1. The summed E-state index contributed by atoms with van der Waals surface area (Å²) >= 11 is 0. The SMILES string of the molecule is COC1CCC(CN)(N2CCc3ccccc3CC2)CC1. The van der Waals surface area contributed by atoms with Crippen LogP contribution in [0.1, 0.15) is 36.8 Å². The lowest BCUT2D eigenvalue weighted by Gasteiger charge is -2.47. The number of nitrogens with two attached hydrogens (primary N) is 1. The van der Waals surface area contributed by atoms with Crippen LogP contribution in [0.25, 0.3) is 0 Å². The van der Waals surface area contributed by atoms with Crippen molar-refractivity contribution in [1.29, 1.82) is 0 Å². The first kappa shape index (κ1) is 15.0. The van der Waals surface area contributed by atoms with Crippen molar-refractivity contribution in [1.82, 2.24) is 4.90 Å². The highest BCUT2D eigenvalue weighted by atomic mass is 16.5. The second-order valence-electron chi connectivity index (χ2n) is 6.62. The van der Waals surface area contributed by atoms with Crippen molar-refractivity contribution in [2.75, 3.05) is 26.7 Å². The normalized spacial score (nSPS) is 30.7. The van der Waals surface area contributed by atoms with Crippen LogP contribution in [-0.4, -0.2) is 43.3 Å². The van der Waals surface area contributed by atoms with E-state index < -0.39 is 0 Å². The van der Waals surface area contributed by atoms with Crippen molar-refractivity contribution < 1.29 is 4.74 Å². The first-order valence-electron chi connectivity index (χ1n) is 8.32. The van der Waals surface area contributed by atoms with Gasteiger partial charge in [0.15, 0.2) is 0 Å². The third-order valence-corrected chi connectivity index (χ3v) is 5.67. The van der Waals surface area contributed by atoms with E-state index in [1.165, 1.54) is 24.0 Å². The van der Waals surface area contributed by atoms with Gasteiger partial charge in [-0.15, -0.1) is 0 Å². The van der Waals surface area contributed by atoms with Crippen LogP contribution in [0.5, 0.6) is 0 Å². The Labute approximate surface area is 128 Å². The van der Waals surface area contributed by atoms with Gasteiger partial charge in [-0.05, 0) is 49.7 Å². The fourth-order valence-corrected chi connectivity index (χ4v) is 4.16. The molecule has 2 N–H and O–H groups in total. The third kappa shape index (κ3) is 3.01. The molecule has 1 heterocycles. The summed E-state index contributed by atoms with van der Waals surface area (Å²) in [6.07, 6.45) is 7.41. The minimum Gasteiger partial charge on any atom is -0.381 e. The molecule has 1 fully saturated rings. The third-order valence-electron chi connectivity index (χ3n) is 5.67. The maximum atomic E-state index is 6.23. The van der Waals surface area contributed by atoms with Crippen molar-refractivity contribution in [2.45, 2.75) is 50.2 Å². The lowest BCUT2D eigenvalue weighted by atomic mass is 9.78. The molecule has 0 unspecified atom stereocenters. The van der Waals surface area contributed by atoms with Crippen LogP contribution >= 0.6 is 0 Å². The van der Waals surface area contributed by atoms with Crippen molar-refractivity contribution in [3.63, 3.8) is 0 Å². The lowest BCUT2D eigenvalue weighted by molar-refractivity contribution is -0.00536. The number of hydrogen-bond donors (Lipinski definition) is 1. The highest BCUT2D eigenvalue weighted by molar-refractivity contribution is 5.29. The zero-order valence-corrected chi connectivity index (χ0v) is 13.2. The molecule has 3 nitrogen and oxygen atoms in total. The second-order valence-corrected chi connectivity index (χ2v) is 6.62. The summed E-state index contributed by atoms with van der Waals surface area (Å²) in [7, 11) is 1.84. The summed E-state index contributed by atoms with van der Waals surface area (Å²) in [6.45, 7) is 3.07. The number of hydrogen-bond acceptors (Lipinski definition) is 3. The van der Waals surface area contributed by atoms with E-state index in [9.17, 15) is 0 Å². The van der Waals surface area contributed by atoms with Gasteiger partial charge < -0.3 is 10.5 Å². The Bertz CT molecular complexity index is 439. The molecule has 116 valence electrons. The number of rotatable bonds is 3. The predicted molar refractivity (Wildman–Crippen MR) is 86.5 cm³/mol. The molecule has 2 aliphatic rings. The number of benzene rings is 1. The van der Waals surface area contributed by atoms with Crippen LogP contribution in [0, 0.1) is 0 Å². The Morgan fingerprint density at radius 3 is 2.19 bits per heavy atom. The molecule has 1 aromatic rings. The number of fused-ring (bicyclic) bond motifs is 1. The zero-order chi connectivity index (χ0) is 14.7. The molecular formula is C18H28N2O. The summed E-state index contributed by atoms with van der Waals surface area (Å²) in [5.74, 6) is 0. The first-order chi connectivity index (χ1) is 10.3. The molecule has 21 heavy (non-hydrogen) atoms. The van der Waals surface area contributed by atoms with Crippen LogP contribution in [0.2, 0.25) is 0 Å². The minimum atomic E-state index is 0.205. The van der Waals surface area contributed by atoms with Gasteiger partial charge in [0.05, 0.1) is 6.10 Å². The Kier molecular flexibility index (Phi) is 4.63. The van der Waals surface area contributed by atoms with Crippen LogP contribution in [0.4, 0.5) is 0 Å². The van der Waals surface area contributed by atoms with Gasteiger partial charge >= 0.3 is 0 Å². The number of ether oxygens (including phenoxy) is 1. The van der Waals surface area contributed by atoms with Gasteiger partial charge in [0.1, 0.15) is 0 Å². The van der Waals surface area contributed by atoms with Gasteiger partial charge in [-0.1, -0.05) is 24.3 Å². The molecule has 0 amide bonds. The molecule has 0 atom stereocenters. The molecular weight excluding hydrogens is 260 g/mol. The molecule has 0 radical (unpaired) electrons. The maximum absolute atomic E-state index is 6.23. The molecule has 3 heteroatoms. The quantitative estimate of drug-likeness (QED) is 0.928. The second kappa shape index (κ2) is 6.47. The highest BCUT2D eigenvalue weighted by Gasteiger charge is 2.39. The van der Waals surface area contributed by atoms with Crippen LogP contribution in [0.3, 0.4) is 0 Å². The van der Waals surface area contributed by atoms with E-state index in [0.29, 0.717) is 6.10 Å². The molecule has 3 rings (SSSR count). The zero-order valence-electron chi connectivity index (χ0n) is 13.2. The molecule has 1 aliphatic heterocycles. The van der Waals surface area contributed by atoms with Crippen molar-refractivity contribution in [3.8, 4) is 0 Å². The standard InChI is InChI=1S/C18H28N2O/c1-21-17-6-10-18(14-19,11-7-17)20-12-8-15-4-2-3-5-16(15)9-13-20/h2-5,17H,6-14,19H2,1H3. The maximum Gasteiger partial charge on any atom is 0.0572 e. The van der Waals surface area contributed by atoms with Crippen molar-refractivity contribution in [3.05, 3.63) is 35.4 Å². The molecule has 1 saturated carbocycles. The smallest absolute Gasteiger partial charge is 0.0572 e. The van der Waals surface area contributed by atoms with Gasteiger partial charge in [0.2, 0.25) is 0 Å². The van der Waals surface area contributed by atoms with Crippen molar-refractivity contribution >= 4 is 0 Å². The van der Waals surface area contributed by atoms with Gasteiger partial charge in [0.25, 0.3) is 0 Å². The Morgan fingerprint density at radius 1 is 1.14 bits per heavy atom. The molecule has 0 spiro atoms. The molecule has 0 bridgehead atoms. The van der Waals surface area contributed by atoms with Crippen LogP contribution in [-0.2, 0) is 17.6 Å². The first-order valence-corrected chi connectivity index (χ1v) is 8.32. The molecule has 0 saturated heterocycles. The van der Waals surface area contributed by atoms with Gasteiger partial charge in [-0.3, -0.25) is 4.90 Å². The summed E-state index contributed by atoms with van der Waals surface area (Å²) in [6, 6.07) is 8.90. The van der Waals surface area contributed by atoms with E-state index in [2.05, 4.69) is 29.2 Å². The van der Waals surface area contributed by atoms with E-state index in [1.54, 1.807) is 0 Å². The fraction of sp³-hybridized carbons (Fsp3) is 0.667. The van der Waals surface area contributed by atoms with Gasteiger partial charge in [-0.25, -0.2) is 0 Å². The molecule has 1 aliphatic carbocycles. The van der Waals surface area contributed by atoms with E-state index in [0.717, 1.165) is 45.3 Å². The van der Waals surface area contributed by atoms with E-state index >= 15 is 0 Å². The summed E-state index contributed by atoms with van der Waals surface area (Å²) in [5, 5.41) is 0. The Balaban J connectivity index is 1.72. The van der Waals surface area contributed by atoms with Crippen LogP contribution < -0.4 is 5.73 Å². The largest absolute Gasteiger partial charge is 0.381 e. The fourth-order valence-electron chi connectivity index (χ4n) is 4.16. The summed E-state index contributed by atoms with van der Waals surface area (Å²) < 4.78 is 5.53. The number of methoxy groups -OCH3 is 1. The Hall–Kier alpha value is -0.900. The van der Waals surface area contributed by atoms with Crippen LogP contribution in [0.15, 0.2) is 24.3 Å². The van der Waals surface area contributed by atoms with E-state index in [-0.39, 0.29) is 5.54 Å². The average molecular weight is 288 g/mol. The van der Waals surface area contributed by atoms with Gasteiger partial charge in [-0.2, -0.15) is 0 Å². The highest BCUT2D eigenvalue weighted by Crippen LogP contribution is 2.35. The Morgan fingerprint density at radius 2 is 1.71 bits per heavy atom. The average Bonchev–Trinajstić information content (AvgIpc) is 2.78. The summed E-state index contributed by atoms with van der Waals surface area (Å²) in [5.41, 5.74) is 9.49. The topological polar surface area (TPSA) is 38.5 Å². The van der Waals surface area contributed by atoms with E-state index in [1.807, 2.05) is 7.11 Å². The lowest BCUT2D eigenvalue weighted by Crippen LogP contribution is -2.57. The molecule has 1 aromatic carbocycles. The van der Waals surface area contributed by atoms with E-state index in [4.69, 9.17) is 10.5 Å². The van der Waals surface area contributed by atoms with Gasteiger partial charge in [0, 0.05) is 32.3 Å². The predicted octanol–water partition coefficient (Wildman–Crippen LogP) is 2.37. The monoisotopic (exact) mass is 288 g/mol. The van der Waals surface area contributed by atoms with Crippen molar-refractivity contribution in [2.24, 2.45) is 5.73 Å². The minimum absolute atomic E-state index is 0.205.